The summed E-state index contributed by atoms with van der Waals surface area (Å²) in [5.74, 6) is 0.882. The third-order valence-electron chi connectivity index (χ3n) is 2.75. The average molecular weight is 356 g/mol. The van der Waals surface area contributed by atoms with E-state index in [1.165, 1.54) is 0 Å². The third kappa shape index (κ3) is 8.37. The summed E-state index contributed by atoms with van der Waals surface area (Å²) in [6.07, 6.45) is 1.05. The van der Waals surface area contributed by atoms with Crippen molar-refractivity contribution in [1.29, 1.82) is 0 Å². The summed E-state index contributed by atoms with van der Waals surface area (Å²) in [5.41, 5.74) is 5.48. The number of nitrogens with two attached hydrogens (primary N) is 1. The van der Waals surface area contributed by atoms with Crippen molar-refractivity contribution in [3.63, 3.8) is 0 Å². The Bertz CT molecular complexity index is 444. The van der Waals surface area contributed by atoms with Crippen LogP contribution in [0.2, 0.25) is 10.0 Å². The molecule has 0 aliphatic carbocycles. The summed E-state index contributed by atoms with van der Waals surface area (Å²) in [5, 5.41) is 3.87. The Hall–Kier alpha value is -0.680. The van der Waals surface area contributed by atoms with E-state index >= 15 is 0 Å². The number of ether oxygens (including phenoxy) is 1. The minimum absolute atomic E-state index is 0. The second-order valence-corrected chi connectivity index (χ2v) is 5.52. The zero-order valence-electron chi connectivity index (χ0n) is 11.9. The molecule has 0 saturated heterocycles. The van der Waals surface area contributed by atoms with Gasteiger partial charge in [-0.1, -0.05) is 30.1 Å². The van der Waals surface area contributed by atoms with E-state index < -0.39 is 0 Å². The molecule has 120 valence electrons. The summed E-state index contributed by atoms with van der Waals surface area (Å²) in [7, 11) is 0. The molecule has 0 heterocycles. The Morgan fingerprint density at radius 1 is 1.43 bits per heavy atom. The lowest BCUT2D eigenvalue weighted by Crippen LogP contribution is -2.31. The monoisotopic (exact) mass is 354 g/mol. The highest BCUT2D eigenvalue weighted by Crippen LogP contribution is 2.27. The van der Waals surface area contributed by atoms with Crippen LogP contribution in [0.5, 0.6) is 5.75 Å². The Kier molecular flexibility index (Phi) is 10.6. The van der Waals surface area contributed by atoms with E-state index in [-0.39, 0.29) is 18.3 Å². The normalized spacial score (nSPS) is 11.4. The first-order chi connectivity index (χ1) is 9.52. The minimum Gasteiger partial charge on any atom is -0.492 e. The zero-order valence-corrected chi connectivity index (χ0v) is 14.2. The third-order valence-corrected chi connectivity index (χ3v) is 3.28. The number of benzene rings is 1. The first kappa shape index (κ1) is 20.3. The summed E-state index contributed by atoms with van der Waals surface area (Å²) < 4.78 is 5.50. The Labute approximate surface area is 141 Å². The van der Waals surface area contributed by atoms with Crippen molar-refractivity contribution in [2.24, 2.45) is 11.7 Å². The maximum Gasteiger partial charge on any atom is 0.220 e. The molecule has 3 N–H and O–H groups in total. The number of nitrogens with one attached hydrogen (secondary N) is 1. The number of carbonyl (C=O) groups is 1. The van der Waals surface area contributed by atoms with Crippen LogP contribution in [0.3, 0.4) is 0 Å². The fraction of sp³-hybridized carbons (Fsp3) is 0.500. The molecule has 7 heteroatoms. The Balaban J connectivity index is 0.00000400. The molecular weight excluding hydrogens is 335 g/mol. The van der Waals surface area contributed by atoms with E-state index in [1.54, 1.807) is 18.2 Å². The molecule has 4 nitrogen and oxygen atoms in total. The summed E-state index contributed by atoms with van der Waals surface area (Å²) in [6, 6.07) is 5.05. The van der Waals surface area contributed by atoms with Crippen molar-refractivity contribution in [1.82, 2.24) is 5.32 Å². The SMILES string of the molecule is CC(CN)CNC(=O)CCCOc1ccc(Cl)cc1Cl.Cl. The fourth-order valence-electron chi connectivity index (χ4n) is 1.47. The van der Waals surface area contributed by atoms with Crippen molar-refractivity contribution in [2.45, 2.75) is 19.8 Å². The Morgan fingerprint density at radius 3 is 2.76 bits per heavy atom. The minimum atomic E-state index is 0. The number of amides is 1. The molecule has 0 spiro atoms. The van der Waals surface area contributed by atoms with Crippen LogP contribution in [0.15, 0.2) is 18.2 Å². The van der Waals surface area contributed by atoms with Gasteiger partial charge in [0.2, 0.25) is 5.91 Å². The van der Waals surface area contributed by atoms with E-state index in [2.05, 4.69) is 5.32 Å². The van der Waals surface area contributed by atoms with Gasteiger partial charge in [0, 0.05) is 18.0 Å². The summed E-state index contributed by atoms with van der Waals surface area (Å²) in [6.45, 7) is 3.60. The van der Waals surface area contributed by atoms with Crippen LogP contribution in [-0.4, -0.2) is 25.6 Å². The smallest absolute Gasteiger partial charge is 0.220 e. The maximum absolute atomic E-state index is 11.5. The quantitative estimate of drug-likeness (QED) is 0.703. The van der Waals surface area contributed by atoms with Crippen LogP contribution in [0.4, 0.5) is 0 Å². The highest BCUT2D eigenvalue weighted by Gasteiger charge is 2.05. The fourth-order valence-corrected chi connectivity index (χ4v) is 1.93. The molecule has 0 bridgehead atoms. The first-order valence-corrected chi connectivity index (χ1v) is 7.33. The van der Waals surface area contributed by atoms with Gasteiger partial charge in [0.05, 0.1) is 11.6 Å². The van der Waals surface area contributed by atoms with Gasteiger partial charge in [-0.2, -0.15) is 0 Å². The number of halogens is 3. The lowest BCUT2D eigenvalue weighted by molar-refractivity contribution is -0.121. The molecule has 1 amide bonds. The van der Waals surface area contributed by atoms with Gasteiger partial charge in [0.25, 0.3) is 0 Å². The van der Waals surface area contributed by atoms with Gasteiger partial charge >= 0.3 is 0 Å². The molecule has 1 aromatic rings. The molecule has 21 heavy (non-hydrogen) atoms. The van der Waals surface area contributed by atoms with Gasteiger partial charge in [-0.05, 0) is 37.1 Å². The Morgan fingerprint density at radius 2 is 2.14 bits per heavy atom. The van der Waals surface area contributed by atoms with Crippen LogP contribution in [0.1, 0.15) is 19.8 Å². The van der Waals surface area contributed by atoms with Gasteiger partial charge in [-0.25, -0.2) is 0 Å². The number of hydrogen-bond donors (Lipinski definition) is 2. The molecule has 1 unspecified atom stereocenters. The van der Waals surface area contributed by atoms with E-state index in [0.717, 1.165) is 0 Å². The average Bonchev–Trinajstić information content (AvgIpc) is 2.42. The lowest BCUT2D eigenvalue weighted by Gasteiger charge is -2.10. The second-order valence-electron chi connectivity index (χ2n) is 4.67. The highest BCUT2D eigenvalue weighted by molar-refractivity contribution is 6.35. The molecule has 0 radical (unpaired) electrons. The molecule has 1 aromatic carbocycles. The predicted molar refractivity (Wildman–Crippen MR) is 89.7 cm³/mol. The van der Waals surface area contributed by atoms with Gasteiger partial charge in [0.15, 0.2) is 0 Å². The van der Waals surface area contributed by atoms with Gasteiger partial charge in [-0.15, -0.1) is 12.4 Å². The molecule has 1 atom stereocenters. The number of hydrogen-bond acceptors (Lipinski definition) is 3. The largest absolute Gasteiger partial charge is 0.492 e. The standard InChI is InChI=1S/C14H20Cl2N2O2.ClH/c1-10(8-17)9-18-14(19)3-2-6-20-13-5-4-11(15)7-12(13)16;/h4-5,7,10H,2-3,6,8-9,17H2,1H3,(H,18,19);1H. The van der Waals surface area contributed by atoms with Gasteiger partial charge in [0.1, 0.15) is 5.75 Å². The predicted octanol–water partition coefficient (Wildman–Crippen LogP) is 3.29. The number of rotatable bonds is 8. The van der Waals surface area contributed by atoms with Crippen molar-refractivity contribution in [3.8, 4) is 5.75 Å². The van der Waals surface area contributed by atoms with Crippen molar-refractivity contribution in [3.05, 3.63) is 28.2 Å². The maximum atomic E-state index is 11.5. The molecule has 1 rings (SSSR count). The van der Waals surface area contributed by atoms with E-state index in [9.17, 15) is 4.79 Å². The van der Waals surface area contributed by atoms with Crippen LogP contribution in [0.25, 0.3) is 0 Å². The first-order valence-electron chi connectivity index (χ1n) is 6.57. The van der Waals surface area contributed by atoms with Crippen molar-refractivity contribution < 1.29 is 9.53 Å². The molecular formula is C14H21Cl3N2O2. The molecule has 0 aliphatic rings. The van der Waals surface area contributed by atoms with Crippen LogP contribution >= 0.6 is 35.6 Å². The number of carbonyl (C=O) groups excluding carboxylic acids is 1. The van der Waals surface area contributed by atoms with Crippen LogP contribution < -0.4 is 15.8 Å². The van der Waals surface area contributed by atoms with E-state index in [4.69, 9.17) is 33.7 Å². The van der Waals surface area contributed by atoms with Gasteiger partial charge < -0.3 is 15.8 Å². The van der Waals surface area contributed by atoms with Crippen molar-refractivity contribution >= 4 is 41.5 Å². The van der Waals surface area contributed by atoms with E-state index in [0.29, 0.717) is 54.3 Å². The zero-order chi connectivity index (χ0) is 15.0. The summed E-state index contributed by atoms with van der Waals surface area (Å²) >= 11 is 11.8. The topological polar surface area (TPSA) is 64.3 Å². The summed E-state index contributed by atoms with van der Waals surface area (Å²) in [4.78, 5) is 11.5. The van der Waals surface area contributed by atoms with E-state index in [1.807, 2.05) is 6.92 Å². The lowest BCUT2D eigenvalue weighted by atomic mass is 10.2. The van der Waals surface area contributed by atoms with Crippen LogP contribution in [0, 0.1) is 5.92 Å². The highest BCUT2D eigenvalue weighted by atomic mass is 35.5. The van der Waals surface area contributed by atoms with Crippen molar-refractivity contribution in [2.75, 3.05) is 19.7 Å². The molecule has 0 aliphatic heterocycles. The molecule has 0 saturated carbocycles. The van der Waals surface area contributed by atoms with Gasteiger partial charge in [-0.3, -0.25) is 4.79 Å². The second kappa shape index (κ2) is 11.0. The molecule has 0 aromatic heterocycles. The van der Waals surface area contributed by atoms with Crippen LogP contribution in [-0.2, 0) is 4.79 Å². The molecule has 0 fully saturated rings.